The molecular formula is C13H19NS. The van der Waals surface area contributed by atoms with Crippen LogP contribution in [0.15, 0.2) is 17.5 Å². The van der Waals surface area contributed by atoms with Crippen LogP contribution >= 0.6 is 11.3 Å². The van der Waals surface area contributed by atoms with Crippen molar-refractivity contribution in [1.29, 1.82) is 0 Å². The highest BCUT2D eigenvalue weighted by Crippen LogP contribution is 2.45. The maximum absolute atomic E-state index is 3.50. The highest BCUT2D eigenvalue weighted by molar-refractivity contribution is 7.09. The molecule has 2 fully saturated rings. The second kappa shape index (κ2) is 3.91. The first kappa shape index (κ1) is 9.86. The predicted octanol–water partition coefficient (Wildman–Crippen LogP) is 3.07. The second-order valence-corrected chi connectivity index (χ2v) is 6.24. The Balaban J connectivity index is 1.74. The molecule has 0 aromatic carbocycles. The summed E-state index contributed by atoms with van der Waals surface area (Å²) >= 11 is 1.93. The fourth-order valence-corrected chi connectivity index (χ4v) is 4.16. The van der Waals surface area contributed by atoms with Gasteiger partial charge < -0.3 is 5.32 Å². The SMILES string of the molecule is c1csc(CC2(C3CCCC3)CNC2)c1. The minimum Gasteiger partial charge on any atom is -0.315 e. The van der Waals surface area contributed by atoms with Crippen LogP contribution in [0.5, 0.6) is 0 Å². The van der Waals surface area contributed by atoms with E-state index >= 15 is 0 Å². The first-order valence-corrected chi connectivity index (χ1v) is 7.00. The summed E-state index contributed by atoms with van der Waals surface area (Å²) in [4.78, 5) is 1.59. The van der Waals surface area contributed by atoms with Crippen LogP contribution in [0.25, 0.3) is 0 Å². The lowest BCUT2D eigenvalue weighted by Gasteiger charge is -2.47. The summed E-state index contributed by atoms with van der Waals surface area (Å²) in [5, 5.41) is 5.71. The van der Waals surface area contributed by atoms with Crippen LogP contribution in [0.1, 0.15) is 30.6 Å². The molecule has 1 saturated heterocycles. The largest absolute Gasteiger partial charge is 0.315 e. The standard InChI is InChI=1S/C13H19NS/c1-2-5-11(4-1)13(9-14-10-13)8-12-6-3-7-15-12/h3,6-7,11,14H,1-2,4-5,8-10H2. The van der Waals surface area contributed by atoms with Crippen LogP contribution in [-0.4, -0.2) is 13.1 Å². The summed E-state index contributed by atoms with van der Waals surface area (Å²) in [6.45, 7) is 2.52. The molecule has 15 heavy (non-hydrogen) atoms. The molecule has 0 unspecified atom stereocenters. The molecule has 1 N–H and O–H groups in total. The molecule has 3 rings (SSSR count). The molecule has 0 atom stereocenters. The first-order chi connectivity index (χ1) is 7.39. The van der Waals surface area contributed by atoms with Crippen LogP contribution in [-0.2, 0) is 6.42 Å². The topological polar surface area (TPSA) is 12.0 Å². The van der Waals surface area contributed by atoms with Crippen LogP contribution in [0.3, 0.4) is 0 Å². The average molecular weight is 221 g/mol. The van der Waals surface area contributed by atoms with E-state index in [1.807, 2.05) is 11.3 Å². The average Bonchev–Trinajstić information content (AvgIpc) is 2.84. The van der Waals surface area contributed by atoms with Crippen molar-refractivity contribution in [2.24, 2.45) is 11.3 Å². The van der Waals surface area contributed by atoms with Crippen LogP contribution < -0.4 is 5.32 Å². The van der Waals surface area contributed by atoms with Crippen molar-refractivity contribution in [3.63, 3.8) is 0 Å². The van der Waals surface area contributed by atoms with Gasteiger partial charge in [-0.2, -0.15) is 0 Å². The van der Waals surface area contributed by atoms with Crippen LogP contribution in [0.2, 0.25) is 0 Å². The molecule has 2 heteroatoms. The Morgan fingerprint density at radius 1 is 1.33 bits per heavy atom. The second-order valence-electron chi connectivity index (χ2n) is 5.20. The van der Waals surface area contributed by atoms with E-state index in [0.29, 0.717) is 5.41 Å². The Bertz CT molecular complexity index is 307. The molecule has 1 aliphatic carbocycles. The zero-order chi connectivity index (χ0) is 10.1. The Kier molecular flexibility index (Phi) is 2.57. The number of nitrogens with one attached hydrogen (secondary N) is 1. The van der Waals surface area contributed by atoms with Crippen molar-refractivity contribution >= 4 is 11.3 Å². The maximum atomic E-state index is 3.50. The minimum atomic E-state index is 0.626. The molecule has 82 valence electrons. The predicted molar refractivity (Wildman–Crippen MR) is 65.3 cm³/mol. The molecule has 1 aliphatic heterocycles. The van der Waals surface area contributed by atoms with Gasteiger partial charge in [-0.15, -0.1) is 11.3 Å². The monoisotopic (exact) mass is 221 g/mol. The summed E-state index contributed by atoms with van der Waals surface area (Å²) in [7, 11) is 0. The minimum absolute atomic E-state index is 0.626. The van der Waals surface area contributed by atoms with Gasteiger partial charge in [0, 0.05) is 23.4 Å². The van der Waals surface area contributed by atoms with Gasteiger partial charge in [-0.3, -0.25) is 0 Å². The van der Waals surface area contributed by atoms with Crippen molar-refractivity contribution in [3.05, 3.63) is 22.4 Å². The third-order valence-corrected chi connectivity index (χ3v) is 5.16. The molecular weight excluding hydrogens is 202 g/mol. The number of thiophene rings is 1. The van der Waals surface area contributed by atoms with Gasteiger partial charge in [-0.05, 0) is 36.6 Å². The quantitative estimate of drug-likeness (QED) is 0.827. The molecule has 1 nitrogen and oxygen atoms in total. The zero-order valence-corrected chi connectivity index (χ0v) is 9.98. The van der Waals surface area contributed by atoms with Crippen molar-refractivity contribution < 1.29 is 0 Å². The van der Waals surface area contributed by atoms with Gasteiger partial charge >= 0.3 is 0 Å². The van der Waals surface area contributed by atoms with E-state index in [4.69, 9.17) is 0 Å². The Labute approximate surface area is 95.9 Å². The lowest BCUT2D eigenvalue weighted by Crippen LogP contribution is -2.58. The molecule has 0 radical (unpaired) electrons. The van der Waals surface area contributed by atoms with Crippen molar-refractivity contribution in [3.8, 4) is 0 Å². The highest BCUT2D eigenvalue weighted by Gasteiger charge is 2.44. The molecule has 1 aromatic heterocycles. The number of hydrogen-bond donors (Lipinski definition) is 1. The van der Waals surface area contributed by atoms with E-state index in [1.54, 1.807) is 4.88 Å². The Hall–Kier alpha value is -0.340. The fraction of sp³-hybridized carbons (Fsp3) is 0.692. The van der Waals surface area contributed by atoms with Crippen molar-refractivity contribution in [2.75, 3.05) is 13.1 Å². The summed E-state index contributed by atoms with van der Waals surface area (Å²) in [5.41, 5.74) is 0.626. The summed E-state index contributed by atoms with van der Waals surface area (Å²) < 4.78 is 0. The van der Waals surface area contributed by atoms with E-state index < -0.39 is 0 Å². The van der Waals surface area contributed by atoms with Gasteiger partial charge in [-0.25, -0.2) is 0 Å². The van der Waals surface area contributed by atoms with Gasteiger partial charge in [0.25, 0.3) is 0 Å². The third kappa shape index (κ3) is 1.74. The Morgan fingerprint density at radius 2 is 2.13 bits per heavy atom. The lowest BCUT2D eigenvalue weighted by atomic mass is 9.67. The molecule has 0 bridgehead atoms. The molecule has 2 aliphatic rings. The summed E-state index contributed by atoms with van der Waals surface area (Å²) in [6.07, 6.45) is 7.22. The third-order valence-electron chi connectivity index (χ3n) is 4.28. The summed E-state index contributed by atoms with van der Waals surface area (Å²) in [6, 6.07) is 4.49. The van der Waals surface area contributed by atoms with Gasteiger partial charge in [0.05, 0.1) is 0 Å². The van der Waals surface area contributed by atoms with Crippen LogP contribution in [0, 0.1) is 11.3 Å². The first-order valence-electron chi connectivity index (χ1n) is 6.12. The van der Waals surface area contributed by atoms with Gasteiger partial charge in [0.2, 0.25) is 0 Å². The number of hydrogen-bond acceptors (Lipinski definition) is 2. The van der Waals surface area contributed by atoms with E-state index in [9.17, 15) is 0 Å². The molecule has 1 saturated carbocycles. The normalized spacial score (nSPS) is 25.3. The van der Waals surface area contributed by atoms with Crippen molar-refractivity contribution in [2.45, 2.75) is 32.1 Å². The Morgan fingerprint density at radius 3 is 2.67 bits per heavy atom. The van der Waals surface area contributed by atoms with E-state index in [-0.39, 0.29) is 0 Å². The molecule has 0 spiro atoms. The smallest absolute Gasteiger partial charge is 0.00518 e. The molecule has 1 aromatic rings. The zero-order valence-electron chi connectivity index (χ0n) is 9.17. The van der Waals surface area contributed by atoms with Crippen LogP contribution in [0.4, 0.5) is 0 Å². The van der Waals surface area contributed by atoms with Gasteiger partial charge in [0.15, 0.2) is 0 Å². The molecule has 0 amide bonds. The van der Waals surface area contributed by atoms with Gasteiger partial charge in [0.1, 0.15) is 0 Å². The van der Waals surface area contributed by atoms with Gasteiger partial charge in [-0.1, -0.05) is 18.9 Å². The highest BCUT2D eigenvalue weighted by atomic mass is 32.1. The summed E-state index contributed by atoms with van der Waals surface area (Å²) in [5.74, 6) is 1.00. The van der Waals surface area contributed by atoms with E-state index in [0.717, 1.165) is 5.92 Å². The van der Waals surface area contributed by atoms with E-state index in [1.165, 1.54) is 45.2 Å². The van der Waals surface area contributed by atoms with E-state index in [2.05, 4.69) is 22.8 Å². The molecule has 2 heterocycles. The van der Waals surface area contributed by atoms with Crippen molar-refractivity contribution in [1.82, 2.24) is 5.32 Å². The maximum Gasteiger partial charge on any atom is 0.00518 e. The fourth-order valence-electron chi connectivity index (χ4n) is 3.30. The number of rotatable bonds is 3. The lowest BCUT2D eigenvalue weighted by molar-refractivity contribution is 0.0822.